The Morgan fingerprint density at radius 1 is 1.19 bits per heavy atom. The van der Waals surface area contributed by atoms with Gasteiger partial charge in [0.25, 0.3) is 0 Å². The first-order chi connectivity index (χ1) is 9.68. The number of rotatable bonds is 5. The molecule has 2 rings (SSSR count). The zero-order valence-corrected chi connectivity index (χ0v) is 12.7. The largest absolute Gasteiger partial charge is 0.352 e. The molecule has 21 heavy (non-hydrogen) atoms. The molecule has 1 heterocycles. The Balaban J connectivity index is 0.00000220. The Morgan fingerprint density at radius 3 is 2.43 bits per heavy atom. The molecule has 0 spiro atoms. The van der Waals surface area contributed by atoms with Gasteiger partial charge in [0.05, 0.1) is 5.92 Å². The maximum absolute atomic E-state index is 12.1. The molecule has 1 aromatic heterocycles. The number of hydrogen-bond donors (Lipinski definition) is 2. The van der Waals surface area contributed by atoms with Crippen molar-refractivity contribution in [3.05, 3.63) is 66.0 Å². The monoisotopic (exact) mass is 305 g/mol. The SMILES string of the molecule is CC(C(=O)NCc1ccncc1)C(N)c1ccccc1.Cl. The highest BCUT2D eigenvalue weighted by Crippen LogP contribution is 2.19. The summed E-state index contributed by atoms with van der Waals surface area (Å²) in [4.78, 5) is 16.1. The number of nitrogens with zero attached hydrogens (tertiary/aromatic N) is 1. The van der Waals surface area contributed by atoms with Gasteiger partial charge in [-0.1, -0.05) is 37.3 Å². The lowest BCUT2D eigenvalue weighted by Crippen LogP contribution is -2.35. The van der Waals surface area contributed by atoms with Crippen LogP contribution in [0.3, 0.4) is 0 Å². The van der Waals surface area contributed by atoms with E-state index in [9.17, 15) is 4.79 Å². The highest BCUT2D eigenvalue weighted by Gasteiger charge is 2.21. The Labute approximate surface area is 131 Å². The van der Waals surface area contributed by atoms with Gasteiger partial charge in [0.2, 0.25) is 5.91 Å². The second kappa shape index (κ2) is 8.39. The molecular formula is C16H20ClN3O. The maximum Gasteiger partial charge on any atom is 0.225 e. The maximum atomic E-state index is 12.1. The van der Waals surface area contributed by atoms with Gasteiger partial charge in [0.15, 0.2) is 0 Å². The van der Waals surface area contributed by atoms with Crippen molar-refractivity contribution in [3.63, 3.8) is 0 Å². The van der Waals surface area contributed by atoms with Crippen LogP contribution in [0.5, 0.6) is 0 Å². The van der Waals surface area contributed by atoms with Crippen LogP contribution in [0.25, 0.3) is 0 Å². The van der Waals surface area contributed by atoms with Crippen LogP contribution in [0.15, 0.2) is 54.9 Å². The zero-order valence-electron chi connectivity index (χ0n) is 11.9. The van der Waals surface area contributed by atoms with Crippen molar-refractivity contribution in [3.8, 4) is 0 Å². The smallest absolute Gasteiger partial charge is 0.225 e. The van der Waals surface area contributed by atoms with Crippen molar-refractivity contribution in [1.82, 2.24) is 10.3 Å². The molecular weight excluding hydrogens is 286 g/mol. The first-order valence-corrected chi connectivity index (χ1v) is 6.65. The molecule has 0 bridgehead atoms. The van der Waals surface area contributed by atoms with E-state index >= 15 is 0 Å². The van der Waals surface area contributed by atoms with Crippen LogP contribution in [0.1, 0.15) is 24.1 Å². The molecule has 0 saturated carbocycles. The number of carbonyl (C=O) groups is 1. The second-order valence-electron chi connectivity index (χ2n) is 4.80. The van der Waals surface area contributed by atoms with E-state index in [4.69, 9.17) is 5.73 Å². The Hall–Kier alpha value is -1.91. The minimum atomic E-state index is -0.298. The fourth-order valence-corrected chi connectivity index (χ4v) is 1.98. The predicted octanol–water partition coefficient (Wildman–Crippen LogP) is 2.46. The highest BCUT2D eigenvalue weighted by molar-refractivity contribution is 5.85. The summed E-state index contributed by atoms with van der Waals surface area (Å²) < 4.78 is 0. The number of benzene rings is 1. The van der Waals surface area contributed by atoms with Crippen molar-refractivity contribution in [2.75, 3.05) is 0 Å². The third-order valence-corrected chi connectivity index (χ3v) is 3.35. The number of carbonyl (C=O) groups excluding carboxylic acids is 1. The van der Waals surface area contributed by atoms with Crippen LogP contribution in [0, 0.1) is 5.92 Å². The van der Waals surface area contributed by atoms with Crippen molar-refractivity contribution in [1.29, 1.82) is 0 Å². The highest BCUT2D eigenvalue weighted by atomic mass is 35.5. The number of nitrogens with two attached hydrogens (primary N) is 1. The van der Waals surface area contributed by atoms with Gasteiger partial charge in [0, 0.05) is 25.0 Å². The Bertz CT molecular complexity index is 548. The molecule has 2 atom stereocenters. The van der Waals surface area contributed by atoms with Crippen LogP contribution in [-0.2, 0) is 11.3 Å². The number of amides is 1. The normalized spacial score (nSPS) is 12.9. The van der Waals surface area contributed by atoms with Gasteiger partial charge >= 0.3 is 0 Å². The summed E-state index contributed by atoms with van der Waals surface area (Å²) in [7, 11) is 0. The van der Waals surface area contributed by atoms with Crippen LogP contribution in [-0.4, -0.2) is 10.9 Å². The van der Waals surface area contributed by atoms with E-state index in [0.717, 1.165) is 11.1 Å². The molecule has 2 aromatic rings. The number of hydrogen-bond acceptors (Lipinski definition) is 3. The summed E-state index contributed by atoms with van der Waals surface area (Å²) in [6.07, 6.45) is 3.42. The van der Waals surface area contributed by atoms with E-state index in [0.29, 0.717) is 6.54 Å². The molecule has 0 aliphatic carbocycles. The van der Waals surface area contributed by atoms with Crippen molar-refractivity contribution < 1.29 is 4.79 Å². The molecule has 5 heteroatoms. The number of aromatic nitrogens is 1. The van der Waals surface area contributed by atoms with Crippen LogP contribution < -0.4 is 11.1 Å². The molecule has 2 unspecified atom stereocenters. The molecule has 112 valence electrons. The molecule has 1 amide bonds. The molecule has 0 aliphatic heterocycles. The molecule has 4 nitrogen and oxygen atoms in total. The minimum absolute atomic E-state index is 0. The number of halogens is 1. The summed E-state index contributed by atoms with van der Waals surface area (Å²) >= 11 is 0. The Morgan fingerprint density at radius 2 is 1.81 bits per heavy atom. The van der Waals surface area contributed by atoms with Gasteiger partial charge in [-0.2, -0.15) is 0 Å². The lowest BCUT2D eigenvalue weighted by atomic mass is 9.94. The topological polar surface area (TPSA) is 68.0 Å². The summed E-state index contributed by atoms with van der Waals surface area (Å²) in [5.74, 6) is -0.322. The van der Waals surface area contributed by atoms with Gasteiger partial charge in [-0.25, -0.2) is 0 Å². The molecule has 0 aliphatic rings. The van der Waals surface area contributed by atoms with Crippen molar-refractivity contribution in [2.24, 2.45) is 11.7 Å². The van der Waals surface area contributed by atoms with Crippen molar-refractivity contribution >= 4 is 18.3 Å². The fraction of sp³-hybridized carbons (Fsp3) is 0.250. The third kappa shape index (κ3) is 4.85. The standard InChI is InChI=1S/C16H19N3O.ClH/c1-12(15(17)14-5-3-2-4-6-14)16(20)19-11-13-7-9-18-10-8-13;/h2-10,12,15H,11,17H2,1H3,(H,19,20);1H. The van der Waals surface area contributed by atoms with E-state index in [1.54, 1.807) is 12.4 Å². The van der Waals surface area contributed by atoms with Gasteiger partial charge in [-0.15, -0.1) is 12.4 Å². The molecule has 0 saturated heterocycles. The summed E-state index contributed by atoms with van der Waals surface area (Å²) in [5.41, 5.74) is 8.13. The van der Waals surface area contributed by atoms with E-state index in [1.165, 1.54) is 0 Å². The fourth-order valence-electron chi connectivity index (χ4n) is 1.98. The van der Waals surface area contributed by atoms with E-state index in [-0.39, 0.29) is 30.3 Å². The third-order valence-electron chi connectivity index (χ3n) is 3.35. The van der Waals surface area contributed by atoms with Gasteiger partial charge in [-0.05, 0) is 23.3 Å². The van der Waals surface area contributed by atoms with Gasteiger partial charge in [-0.3, -0.25) is 9.78 Å². The van der Waals surface area contributed by atoms with Crippen molar-refractivity contribution in [2.45, 2.75) is 19.5 Å². The first-order valence-electron chi connectivity index (χ1n) is 6.65. The average molecular weight is 306 g/mol. The average Bonchev–Trinajstić information content (AvgIpc) is 2.53. The lowest BCUT2D eigenvalue weighted by Gasteiger charge is -2.19. The molecule has 1 aromatic carbocycles. The lowest BCUT2D eigenvalue weighted by molar-refractivity contribution is -0.125. The number of pyridine rings is 1. The molecule has 0 fully saturated rings. The molecule has 0 radical (unpaired) electrons. The summed E-state index contributed by atoms with van der Waals surface area (Å²) in [6, 6.07) is 13.1. The van der Waals surface area contributed by atoms with Crippen LogP contribution >= 0.6 is 12.4 Å². The molecule has 3 N–H and O–H groups in total. The van der Waals surface area contributed by atoms with E-state index < -0.39 is 0 Å². The van der Waals surface area contributed by atoms with Gasteiger partial charge in [0.1, 0.15) is 0 Å². The quantitative estimate of drug-likeness (QED) is 0.891. The minimum Gasteiger partial charge on any atom is -0.352 e. The van der Waals surface area contributed by atoms with E-state index in [1.807, 2.05) is 49.4 Å². The van der Waals surface area contributed by atoms with E-state index in [2.05, 4.69) is 10.3 Å². The second-order valence-corrected chi connectivity index (χ2v) is 4.80. The summed E-state index contributed by atoms with van der Waals surface area (Å²) in [6.45, 7) is 2.34. The van der Waals surface area contributed by atoms with Crippen LogP contribution in [0.2, 0.25) is 0 Å². The zero-order chi connectivity index (χ0) is 14.4. The predicted molar refractivity (Wildman–Crippen MR) is 85.9 cm³/mol. The van der Waals surface area contributed by atoms with Gasteiger partial charge < -0.3 is 11.1 Å². The first kappa shape index (κ1) is 17.1. The summed E-state index contributed by atoms with van der Waals surface area (Å²) in [5, 5.41) is 2.90. The number of nitrogens with one attached hydrogen (secondary N) is 1. The van der Waals surface area contributed by atoms with Crippen LogP contribution in [0.4, 0.5) is 0 Å². The Kier molecular flexibility index (Phi) is 6.85.